The van der Waals surface area contributed by atoms with E-state index in [9.17, 15) is 4.79 Å². The van der Waals surface area contributed by atoms with E-state index in [2.05, 4.69) is 0 Å². The Morgan fingerprint density at radius 2 is 1.71 bits per heavy atom. The quantitative estimate of drug-likeness (QED) is 0.251. The van der Waals surface area contributed by atoms with Crippen molar-refractivity contribution >= 4 is 42.3 Å². The third-order valence-electron chi connectivity index (χ3n) is 1.27. The molecule has 0 saturated carbocycles. The predicted octanol–water partition coefficient (Wildman–Crippen LogP) is -3.78. The zero-order chi connectivity index (χ0) is 5.86. The molecule has 0 N–H and O–H groups in total. The van der Waals surface area contributed by atoms with Crippen molar-refractivity contribution in [1.29, 1.82) is 0 Å². The fourth-order valence-corrected chi connectivity index (χ4v) is 0.157. The minimum Gasteiger partial charge on any atom is -0.316 e. The van der Waals surface area contributed by atoms with Crippen LogP contribution in [0.15, 0.2) is 0 Å². The van der Waals surface area contributed by atoms with Gasteiger partial charge < -0.3 is 4.79 Å². The van der Waals surface area contributed by atoms with Gasteiger partial charge in [0, 0.05) is 6.39 Å². The molecule has 0 saturated heterocycles. The summed E-state index contributed by atoms with van der Waals surface area (Å²) in [6.45, 7) is 0.222. The van der Waals surface area contributed by atoms with Crippen molar-refractivity contribution < 1.29 is 4.79 Å². The second kappa shape index (κ2) is 3.06. The van der Waals surface area contributed by atoms with Crippen molar-refractivity contribution in [3.63, 3.8) is 0 Å². The van der Waals surface area contributed by atoms with E-state index in [0.29, 0.717) is 6.39 Å². The van der Waals surface area contributed by atoms with E-state index in [4.69, 9.17) is 0 Å². The third-order valence-corrected chi connectivity index (χ3v) is 1.27. The van der Waals surface area contributed by atoms with Crippen LogP contribution in [0.4, 0.5) is 0 Å². The van der Waals surface area contributed by atoms with Gasteiger partial charge in [-0.3, -0.25) is 0 Å². The van der Waals surface area contributed by atoms with E-state index in [1.165, 1.54) is 0 Å². The third kappa shape index (κ3) is 2.66. The van der Waals surface area contributed by atoms with Gasteiger partial charge in [0.25, 0.3) is 0 Å². The highest BCUT2D eigenvalue weighted by molar-refractivity contribution is 7.71. The first kappa shape index (κ1) is 6.99. The molecule has 0 aliphatic rings. The van der Waals surface area contributed by atoms with Gasteiger partial charge in [-0.15, -0.1) is 0 Å². The highest BCUT2D eigenvalue weighted by atomic mass is 16.1. The summed E-state index contributed by atoms with van der Waals surface area (Å²) in [5, 5.41) is 0. The molecule has 7 heavy (non-hydrogen) atoms. The maximum Gasteiger partial charge on any atom is 0.134 e. The molecule has 0 fully saturated rings. The van der Waals surface area contributed by atoms with Crippen LogP contribution in [0.5, 0.6) is 0 Å². The van der Waals surface area contributed by atoms with Crippen molar-refractivity contribution in [3.8, 4) is 0 Å². The Bertz CT molecular complexity index is 61.1. The second-order valence-electron chi connectivity index (χ2n) is 2.24. The van der Waals surface area contributed by atoms with Gasteiger partial charge in [0.1, 0.15) is 6.49 Å². The van der Waals surface area contributed by atoms with E-state index in [1.807, 2.05) is 23.2 Å². The fraction of sp³-hybridized carbons (Fsp3) is 0. The van der Waals surface area contributed by atoms with Gasteiger partial charge >= 0.3 is 0 Å². The Kier molecular flexibility index (Phi) is 3.05. The summed E-state index contributed by atoms with van der Waals surface area (Å²) in [7, 11) is 6.01. The average Bonchev–Trinajstić information content (AvgIpc) is 1.65. The lowest BCUT2D eigenvalue weighted by Gasteiger charge is -1.95. The van der Waals surface area contributed by atoms with Crippen LogP contribution in [0.3, 0.4) is 0 Å². The number of rotatable bonds is 2. The zero-order valence-corrected chi connectivity index (χ0v) is 5.14. The highest BCUT2D eigenvalue weighted by Gasteiger charge is 2.10. The van der Waals surface area contributed by atoms with Gasteiger partial charge in [-0.2, -0.15) is 0 Å². The molecule has 0 aromatic heterocycles. The zero-order valence-electron chi connectivity index (χ0n) is 5.14. The van der Waals surface area contributed by atoms with Gasteiger partial charge in [0.2, 0.25) is 0 Å². The van der Waals surface area contributed by atoms with Crippen LogP contribution in [0.25, 0.3) is 0 Å². The molecule has 1 nitrogen and oxygen atoms in total. The minimum atomic E-state index is 0.222. The lowest BCUT2D eigenvalue weighted by atomic mass is 8.87. The van der Waals surface area contributed by atoms with Crippen LogP contribution in [0, 0.1) is 0 Å². The van der Waals surface area contributed by atoms with Gasteiger partial charge in [-0.25, -0.2) is 0 Å². The first-order valence-corrected chi connectivity index (χ1v) is 2.63. The summed E-state index contributed by atoms with van der Waals surface area (Å²) in [5.74, 6) is 0. The van der Waals surface area contributed by atoms with Crippen LogP contribution in [-0.4, -0.2) is 42.3 Å². The summed E-state index contributed by atoms with van der Waals surface area (Å²) in [6, 6.07) is 0. The molecule has 6 heteroatoms. The van der Waals surface area contributed by atoms with Gasteiger partial charge in [-0.05, 0) is 0 Å². The molecule has 0 aliphatic carbocycles. The van der Waals surface area contributed by atoms with Gasteiger partial charge in [-0.1, -0.05) is 0 Å². The molecule has 0 atom stereocenters. The van der Waals surface area contributed by atoms with Crippen LogP contribution in [0.2, 0.25) is 0 Å². The summed E-state index contributed by atoms with van der Waals surface area (Å²) < 4.78 is 0. The molecule has 0 aromatic rings. The normalized spacial score (nSPS) is 7.43. The lowest BCUT2D eigenvalue weighted by molar-refractivity contribution is 0.568. The number of carbonyl (C=O) groups excluding carboxylic acids is 1. The number of carbonyl (C=O) groups is 1. The molecular weight excluding hydrogens is 82.1 g/mol. The fourth-order valence-electron chi connectivity index (χ4n) is 0.157. The second-order valence-corrected chi connectivity index (χ2v) is 2.24. The van der Waals surface area contributed by atoms with E-state index in [1.54, 1.807) is 0 Å². The van der Waals surface area contributed by atoms with E-state index in [0.717, 1.165) is 6.19 Å². The van der Waals surface area contributed by atoms with Gasteiger partial charge in [0.15, 0.2) is 0 Å². The Morgan fingerprint density at radius 1 is 1.29 bits per heavy atom. The number of hydrogen-bond acceptors (Lipinski definition) is 1. The largest absolute Gasteiger partial charge is 0.316 e. The van der Waals surface area contributed by atoms with Crippen molar-refractivity contribution in [2.75, 3.05) is 0 Å². The molecule has 0 aliphatic heterocycles. The molecule has 0 amide bonds. The van der Waals surface area contributed by atoms with Crippen molar-refractivity contribution in [1.82, 2.24) is 0 Å². The Hall–Kier alpha value is -0.00532. The Labute approximate surface area is 47.9 Å². The molecule has 0 spiro atoms. The monoisotopic (exact) mass is 90.1 g/mol. The van der Waals surface area contributed by atoms with Crippen molar-refractivity contribution in [2.24, 2.45) is 0 Å². The van der Waals surface area contributed by atoms with E-state index >= 15 is 0 Å². The molecule has 0 radical (unpaired) electrons. The number of hydrogen-bond donors (Lipinski definition) is 0. The topological polar surface area (TPSA) is 17.1 Å². The maximum atomic E-state index is 9.95. The first-order valence-electron chi connectivity index (χ1n) is 2.63. The average molecular weight is 89.1 g/mol. The van der Waals surface area contributed by atoms with Crippen LogP contribution >= 0.6 is 0 Å². The maximum absolute atomic E-state index is 9.95. The SMILES string of the molecule is BB(B)B(B)C=O. The van der Waals surface area contributed by atoms with Crippen LogP contribution in [-0.2, 0) is 4.79 Å². The summed E-state index contributed by atoms with van der Waals surface area (Å²) in [6.07, 6.45) is 1.49. The summed E-state index contributed by atoms with van der Waals surface area (Å²) >= 11 is 0. The first-order chi connectivity index (χ1) is 3.18. The molecule has 0 bridgehead atoms. The van der Waals surface area contributed by atoms with E-state index < -0.39 is 0 Å². The minimum absolute atomic E-state index is 0.222. The molecule has 0 unspecified atom stereocenters. The predicted molar refractivity (Wildman–Crippen MR) is 43.9 cm³/mol. The molecule has 0 rings (SSSR count). The van der Waals surface area contributed by atoms with Gasteiger partial charge in [0.05, 0.1) is 29.4 Å². The summed E-state index contributed by atoms with van der Waals surface area (Å²) in [5.41, 5.74) is 0. The van der Waals surface area contributed by atoms with E-state index in [-0.39, 0.29) is 6.49 Å². The smallest absolute Gasteiger partial charge is 0.134 e. The summed E-state index contributed by atoms with van der Waals surface area (Å²) in [4.78, 5) is 9.95. The van der Waals surface area contributed by atoms with Crippen molar-refractivity contribution in [2.45, 2.75) is 0 Å². The molecule has 32 valence electrons. The molecule has 0 heterocycles. The van der Waals surface area contributed by atoms with Crippen molar-refractivity contribution in [3.05, 3.63) is 0 Å². The Morgan fingerprint density at radius 3 is 1.71 bits per heavy atom. The molecule has 0 aromatic carbocycles. The van der Waals surface area contributed by atoms with Crippen LogP contribution in [0.1, 0.15) is 0 Å². The Balaban J connectivity index is 3.33. The standard InChI is InChI=1S/CH7B5O/c2-5(1-7)6(3)4/h1H,2-4H2. The highest BCUT2D eigenvalue weighted by Crippen LogP contribution is 1.66. The lowest BCUT2D eigenvalue weighted by Crippen LogP contribution is -2.39. The van der Waals surface area contributed by atoms with Crippen LogP contribution < -0.4 is 0 Å². The molecular formula is CH7B5O.